The van der Waals surface area contributed by atoms with Crippen LogP contribution in [0.4, 0.5) is 0 Å². The molecule has 1 saturated carbocycles. The van der Waals surface area contributed by atoms with E-state index in [4.69, 9.17) is 17.3 Å². The van der Waals surface area contributed by atoms with Gasteiger partial charge in [0, 0.05) is 12.0 Å². The molecule has 0 aromatic rings. The summed E-state index contributed by atoms with van der Waals surface area (Å²) < 4.78 is 0. The molecule has 2 nitrogen and oxygen atoms in total. The van der Waals surface area contributed by atoms with Crippen molar-refractivity contribution in [1.82, 2.24) is 0 Å². The Morgan fingerprint density at radius 1 is 1.67 bits per heavy atom. The Labute approximate surface area is 65.2 Å². The van der Waals surface area contributed by atoms with Crippen molar-refractivity contribution in [2.24, 2.45) is 5.73 Å². The van der Waals surface area contributed by atoms with Crippen LogP contribution in [0.25, 0.3) is 0 Å². The van der Waals surface area contributed by atoms with E-state index in [9.17, 15) is 4.79 Å². The maximum atomic E-state index is 10.2. The summed E-state index contributed by atoms with van der Waals surface area (Å²) in [5, 5.41) is -0.315. The molecule has 0 bridgehead atoms. The molecule has 0 amide bonds. The summed E-state index contributed by atoms with van der Waals surface area (Å²) in [6.07, 6.45) is 2.24. The van der Waals surface area contributed by atoms with E-state index < -0.39 is 0 Å². The minimum absolute atomic E-state index is 0. The molecular weight excluding hydrogens is 161 g/mol. The Morgan fingerprint density at radius 2 is 2.11 bits per heavy atom. The first-order valence-electron chi connectivity index (χ1n) is 2.60. The van der Waals surface area contributed by atoms with Crippen LogP contribution < -0.4 is 5.73 Å². The van der Waals surface area contributed by atoms with E-state index in [-0.39, 0.29) is 23.2 Å². The van der Waals surface area contributed by atoms with Gasteiger partial charge in [0.1, 0.15) is 0 Å². The lowest BCUT2D eigenvalue weighted by atomic mass is 10.2. The second-order valence-corrected chi connectivity index (χ2v) is 2.82. The number of nitrogens with two attached hydrogens (primary N) is 1. The molecule has 0 unspecified atom stereocenters. The number of carbonyl (C=O) groups is 1. The standard InChI is InChI=1S/C5H8ClNO.ClH/c6-4(8)3-5(7)1-2-5;/h1-3,7H2;1H. The van der Waals surface area contributed by atoms with E-state index in [1.54, 1.807) is 0 Å². The summed E-state index contributed by atoms with van der Waals surface area (Å²) in [6.45, 7) is 0. The summed E-state index contributed by atoms with van der Waals surface area (Å²) >= 11 is 5.08. The lowest BCUT2D eigenvalue weighted by Gasteiger charge is -2.00. The Morgan fingerprint density at radius 3 is 2.22 bits per heavy atom. The van der Waals surface area contributed by atoms with Gasteiger partial charge < -0.3 is 5.73 Å². The molecule has 1 aliphatic rings. The van der Waals surface area contributed by atoms with Crippen molar-refractivity contribution in [2.45, 2.75) is 24.8 Å². The summed E-state index contributed by atoms with van der Waals surface area (Å²) in [4.78, 5) is 10.2. The molecule has 54 valence electrons. The smallest absolute Gasteiger partial charge is 0.223 e. The first-order valence-corrected chi connectivity index (χ1v) is 2.97. The molecule has 1 fully saturated rings. The summed E-state index contributed by atoms with van der Waals surface area (Å²) in [5.74, 6) is 0. The first-order chi connectivity index (χ1) is 3.62. The zero-order valence-electron chi connectivity index (χ0n) is 4.89. The van der Waals surface area contributed by atoms with Crippen LogP contribution in [-0.4, -0.2) is 10.8 Å². The molecule has 0 radical (unpaired) electrons. The fourth-order valence-electron chi connectivity index (χ4n) is 0.614. The van der Waals surface area contributed by atoms with Crippen molar-refractivity contribution in [3.63, 3.8) is 0 Å². The van der Waals surface area contributed by atoms with E-state index >= 15 is 0 Å². The van der Waals surface area contributed by atoms with Gasteiger partial charge in [-0.2, -0.15) is 0 Å². The van der Waals surface area contributed by atoms with Gasteiger partial charge in [-0.3, -0.25) is 4.79 Å². The molecule has 0 heterocycles. The zero-order valence-corrected chi connectivity index (χ0v) is 6.47. The van der Waals surface area contributed by atoms with Crippen LogP contribution in [0.5, 0.6) is 0 Å². The monoisotopic (exact) mass is 169 g/mol. The average molecular weight is 170 g/mol. The van der Waals surface area contributed by atoms with Gasteiger partial charge in [-0.1, -0.05) is 0 Å². The SMILES string of the molecule is Cl.NC1(CC(=O)Cl)CC1. The molecule has 1 aliphatic carbocycles. The Hall–Kier alpha value is 0.210. The average Bonchev–Trinajstić information content (AvgIpc) is 2.17. The Balaban J connectivity index is 0.000000640. The molecule has 0 atom stereocenters. The molecule has 1 rings (SSSR count). The van der Waals surface area contributed by atoms with Gasteiger partial charge in [0.15, 0.2) is 0 Å². The summed E-state index contributed by atoms with van der Waals surface area (Å²) in [7, 11) is 0. The van der Waals surface area contributed by atoms with E-state index in [0.717, 1.165) is 12.8 Å². The van der Waals surface area contributed by atoms with Crippen molar-refractivity contribution < 1.29 is 4.79 Å². The van der Waals surface area contributed by atoms with Crippen LogP contribution in [-0.2, 0) is 4.79 Å². The highest BCUT2D eigenvalue weighted by atomic mass is 35.5. The number of rotatable bonds is 2. The summed E-state index contributed by atoms with van der Waals surface area (Å²) in [6, 6.07) is 0. The van der Waals surface area contributed by atoms with Crippen molar-refractivity contribution in [1.29, 1.82) is 0 Å². The minimum atomic E-state index is -0.315. The molecule has 0 spiro atoms. The third kappa shape index (κ3) is 3.04. The van der Waals surface area contributed by atoms with Crippen LogP contribution >= 0.6 is 24.0 Å². The third-order valence-corrected chi connectivity index (χ3v) is 1.52. The van der Waals surface area contributed by atoms with Crippen molar-refractivity contribution in [2.75, 3.05) is 0 Å². The van der Waals surface area contributed by atoms with Gasteiger partial charge in [-0.25, -0.2) is 0 Å². The van der Waals surface area contributed by atoms with Gasteiger partial charge >= 0.3 is 0 Å². The predicted molar refractivity (Wildman–Crippen MR) is 38.9 cm³/mol. The maximum absolute atomic E-state index is 10.2. The highest BCUT2D eigenvalue weighted by Crippen LogP contribution is 2.35. The maximum Gasteiger partial charge on any atom is 0.223 e. The fraction of sp³-hybridized carbons (Fsp3) is 0.800. The van der Waals surface area contributed by atoms with E-state index in [1.807, 2.05) is 0 Å². The molecule has 0 aromatic heterocycles. The van der Waals surface area contributed by atoms with Gasteiger partial charge in [0.2, 0.25) is 5.24 Å². The number of hydrogen-bond donors (Lipinski definition) is 1. The van der Waals surface area contributed by atoms with Gasteiger partial charge in [-0.05, 0) is 24.4 Å². The molecule has 9 heavy (non-hydrogen) atoms. The first kappa shape index (κ1) is 9.21. The molecule has 2 N–H and O–H groups in total. The second kappa shape index (κ2) is 2.86. The number of carbonyl (C=O) groups excluding carboxylic acids is 1. The van der Waals surface area contributed by atoms with Gasteiger partial charge in [0.25, 0.3) is 0 Å². The normalized spacial score (nSPS) is 20.2. The summed E-state index contributed by atoms with van der Waals surface area (Å²) in [5.41, 5.74) is 5.33. The highest BCUT2D eigenvalue weighted by Gasteiger charge is 2.39. The Kier molecular flexibility index (Phi) is 2.93. The lowest BCUT2D eigenvalue weighted by Crippen LogP contribution is -2.23. The molecular formula is C5H9Cl2NO. The van der Waals surface area contributed by atoms with Crippen LogP contribution in [0, 0.1) is 0 Å². The highest BCUT2D eigenvalue weighted by molar-refractivity contribution is 6.63. The largest absolute Gasteiger partial charge is 0.325 e. The van der Waals surface area contributed by atoms with Crippen LogP contribution in [0.2, 0.25) is 0 Å². The number of hydrogen-bond acceptors (Lipinski definition) is 2. The molecule has 4 heteroatoms. The number of halogens is 2. The minimum Gasteiger partial charge on any atom is -0.325 e. The van der Waals surface area contributed by atoms with Crippen molar-refractivity contribution in [3.05, 3.63) is 0 Å². The van der Waals surface area contributed by atoms with Crippen LogP contribution in [0.1, 0.15) is 19.3 Å². The van der Waals surface area contributed by atoms with E-state index in [2.05, 4.69) is 0 Å². The van der Waals surface area contributed by atoms with Crippen molar-refractivity contribution >= 4 is 29.3 Å². The van der Waals surface area contributed by atoms with Crippen molar-refractivity contribution in [3.8, 4) is 0 Å². The van der Waals surface area contributed by atoms with Crippen LogP contribution in [0.3, 0.4) is 0 Å². The van der Waals surface area contributed by atoms with E-state index in [1.165, 1.54) is 0 Å². The van der Waals surface area contributed by atoms with Crippen LogP contribution in [0.15, 0.2) is 0 Å². The second-order valence-electron chi connectivity index (χ2n) is 2.39. The third-order valence-electron chi connectivity index (χ3n) is 1.38. The molecule has 0 aromatic carbocycles. The quantitative estimate of drug-likeness (QED) is 0.629. The predicted octanol–water partition coefficient (Wildman–Crippen LogP) is 1.06. The van der Waals surface area contributed by atoms with Gasteiger partial charge in [-0.15, -0.1) is 12.4 Å². The molecule has 0 aliphatic heterocycles. The molecule has 0 saturated heterocycles. The van der Waals surface area contributed by atoms with E-state index in [0.29, 0.717) is 6.42 Å². The van der Waals surface area contributed by atoms with Gasteiger partial charge in [0.05, 0.1) is 0 Å². The zero-order chi connectivity index (χ0) is 6.20. The topological polar surface area (TPSA) is 43.1 Å². The Bertz CT molecular complexity index is 122. The lowest BCUT2D eigenvalue weighted by molar-refractivity contribution is -0.112. The fourth-order valence-corrected chi connectivity index (χ4v) is 0.880.